The third-order valence-corrected chi connectivity index (χ3v) is 5.62. The molecule has 0 aromatic carbocycles. The zero-order valence-corrected chi connectivity index (χ0v) is 16.2. The zero-order valence-electron chi connectivity index (χ0n) is 15.4. The van der Waals surface area contributed by atoms with Gasteiger partial charge < -0.3 is 15.5 Å². The SMILES string of the molecule is CC(=O)N1CCCC[C@@H]1C(=O)N=C(N)[C@@H]1CC[C@@H]2CN1C(=O)N2OS(=O)(=O)O. The first-order valence-corrected chi connectivity index (χ1v) is 10.4. The third-order valence-electron chi connectivity index (χ3n) is 5.27. The molecule has 3 aliphatic rings. The van der Waals surface area contributed by atoms with E-state index >= 15 is 0 Å². The van der Waals surface area contributed by atoms with Crippen LogP contribution in [0.4, 0.5) is 4.79 Å². The maximum absolute atomic E-state index is 12.6. The van der Waals surface area contributed by atoms with Crippen LogP contribution in [0, 0.1) is 0 Å². The maximum atomic E-state index is 12.6. The number of rotatable bonds is 4. The minimum Gasteiger partial charge on any atom is -0.385 e. The smallest absolute Gasteiger partial charge is 0.385 e. The molecule has 3 aliphatic heterocycles. The molecule has 0 saturated carbocycles. The highest BCUT2D eigenvalue weighted by atomic mass is 32.3. The summed E-state index contributed by atoms with van der Waals surface area (Å²) >= 11 is 0. The summed E-state index contributed by atoms with van der Waals surface area (Å²) in [5.74, 6) is -0.813. The van der Waals surface area contributed by atoms with Gasteiger partial charge >= 0.3 is 16.4 Å². The van der Waals surface area contributed by atoms with Crippen molar-refractivity contribution >= 4 is 34.1 Å². The van der Waals surface area contributed by atoms with Crippen molar-refractivity contribution in [1.82, 2.24) is 14.9 Å². The Labute approximate surface area is 162 Å². The number of carbonyl (C=O) groups excluding carboxylic acids is 3. The molecule has 0 aromatic rings. The van der Waals surface area contributed by atoms with Crippen molar-refractivity contribution in [3.05, 3.63) is 0 Å². The average molecular weight is 417 g/mol. The summed E-state index contributed by atoms with van der Waals surface area (Å²) in [7, 11) is -4.84. The van der Waals surface area contributed by atoms with Gasteiger partial charge in [0.2, 0.25) is 5.91 Å². The molecular weight excluding hydrogens is 394 g/mol. The first kappa shape index (κ1) is 20.5. The largest absolute Gasteiger partial charge is 0.418 e. The van der Waals surface area contributed by atoms with Crippen LogP contribution in [0.1, 0.15) is 39.0 Å². The van der Waals surface area contributed by atoms with Crippen LogP contribution >= 0.6 is 0 Å². The molecule has 0 unspecified atom stereocenters. The number of piperidine rings is 2. The van der Waals surface area contributed by atoms with Gasteiger partial charge in [0, 0.05) is 20.0 Å². The van der Waals surface area contributed by atoms with Gasteiger partial charge in [-0.2, -0.15) is 18.5 Å². The van der Waals surface area contributed by atoms with E-state index in [0.29, 0.717) is 30.9 Å². The van der Waals surface area contributed by atoms with E-state index in [1.807, 2.05) is 0 Å². The van der Waals surface area contributed by atoms with Gasteiger partial charge in [-0.1, -0.05) is 0 Å². The van der Waals surface area contributed by atoms with E-state index in [9.17, 15) is 22.8 Å². The molecule has 28 heavy (non-hydrogen) atoms. The highest BCUT2D eigenvalue weighted by Gasteiger charge is 2.48. The highest BCUT2D eigenvalue weighted by molar-refractivity contribution is 7.80. The number of hydrogen-bond donors (Lipinski definition) is 2. The van der Waals surface area contributed by atoms with Gasteiger partial charge in [0.05, 0.1) is 12.1 Å². The molecule has 0 aliphatic carbocycles. The first-order chi connectivity index (χ1) is 13.1. The van der Waals surface area contributed by atoms with Crippen molar-refractivity contribution in [1.29, 1.82) is 0 Å². The summed E-state index contributed by atoms with van der Waals surface area (Å²) in [5, 5.41) is 0.600. The number of amides is 4. The molecule has 13 heteroatoms. The van der Waals surface area contributed by atoms with E-state index < -0.39 is 40.5 Å². The Morgan fingerprint density at radius 2 is 1.93 bits per heavy atom. The molecule has 2 bridgehead atoms. The minimum absolute atomic E-state index is 0.0698. The van der Waals surface area contributed by atoms with Crippen LogP contribution in [-0.2, 0) is 24.3 Å². The zero-order chi connectivity index (χ0) is 20.6. The molecule has 3 saturated heterocycles. The van der Waals surface area contributed by atoms with Gasteiger partial charge in [-0.05, 0) is 32.1 Å². The number of aliphatic imine (C=N–C) groups is 1. The molecule has 12 nitrogen and oxygen atoms in total. The molecule has 156 valence electrons. The number of nitrogens with zero attached hydrogens (tertiary/aromatic N) is 4. The molecule has 3 heterocycles. The lowest BCUT2D eigenvalue weighted by molar-refractivity contribution is -0.139. The number of urea groups is 1. The fraction of sp³-hybridized carbons (Fsp3) is 0.733. The molecule has 3 atom stereocenters. The number of nitrogens with two attached hydrogens (primary N) is 1. The van der Waals surface area contributed by atoms with Crippen molar-refractivity contribution in [2.24, 2.45) is 10.7 Å². The Morgan fingerprint density at radius 3 is 2.57 bits per heavy atom. The third kappa shape index (κ3) is 4.10. The molecule has 3 rings (SSSR count). The Morgan fingerprint density at radius 1 is 1.21 bits per heavy atom. The second-order valence-corrected chi connectivity index (χ2v) is 8.11. The van der Waals surface area contributed by atoms with Gasteiger partial charge in [0.25, 0.3) is 5.91 Å². The van der Waals surface area contributed by atoms with Crippen LogP contribution in [0.15, 0.2) is 4.99 Å². The van der Waals surface area contributed by atoms with Gasteiger partial charge in [0.15, 0.2) is 0 Å². The van der Waals surface area contributed by atoms with E-state index in [2.05, 4.69) is 9.28 Å². The number of hydrogen-bond acceptors (Lipinski definition) is 6. The monoisotopic (exact) mass is 417 g/mol. The summed E-state index contributed by atoms with van der Waals surface area (Å²) < 4.78 is 35.1. The quantitative estimate of drug-likeness (QED) is 0.344. The van der Waals surface area contributed by atoms with Gasteiger partial charge in [-0.3, -0.25) is 14.1 Å². The number of carbonyl (C=O) groups is 3. The summed E-state index contributed by atoms with van der Waals surface area (Å²) in [6.45, 7) is 2.01. The second-order valence-electron chi connectivity index (χ2n) is 7.11. The van der Waals surface area contributed by atoms with E-state index in [-0.39, 0.29) is 18.3 Å². The van der Waals surface area contributed by atoms with E-state index in [1.165, 1.54) is 16.7 Å². The lowest BCUT2D eigenvalue weighted by atomic mass is 9.99. The average Bonchev–Trinajstić information content (AvgIpc) is 2.85. The standard InChI is InChI=1S/C15H23N5O7S/c1-9(21)18-7-3-2-4-12(18)14(22)17-13(16)11-6-5-10-8-19(11)15(23)20(10)27-28(24,25)26/h10-12H,2-8H2,1H3,(H2,16,17,22)(H,24,25,26)/t10-,11+,12-/m1/s1. The summed E-state index contributed by atoms with van der Waals surface area (Å²) in [6, 6.07) is -2.70. The molecule has 0 aromatic heterocycles. The lowest BCUT2D eigenvalue weighted by Crippen LogP contribution is -2.50. The summed E-state index contributed by atoms with van der Waals surface area (Å²) in [5.41, 5.74) is 6.00. The van der Waals surface area contributed by atoms with Crippen LogP contribution in [0.5, 0.6) is 0 Å². The molecule has 0 radical (unpaired) electrons. The Kier molecular flexibility index (Phi) is 5.59. The minimum atomic E-state index is -4.84. The van der Waals surface area contributed by atoms with Gasteiger partial charge in [-0.25, -0.2) is 4.79 Å². The van der Waals surface area contributed by atoms with Crippen LogP contribution in [0.3, 0.4) is 0 Å². The van der Waals surface area contributed by atoms with Crippen molar-refractivity contribution in [3.63, 3.8) is 0 Å². The van der Waals surface area contributed by atoms with Crippen molar-refractivity contribution < 1.29 is 31.6 Å². The number of fused-ring (bicyclic) bond motifs is 2. The van der Waals surface area contributed by atoms with Crippen molar-refractivity contribution in [3.8, 4) is 0 Å². The highest BCUT2D eigenvalue weighted by Crippen LogP contribution is 2.31. The van der Waals surface area contributed by atoms with Crippen LogP contribution in [0.2, 0.25) is 0 Å². The lowest BCUT2D eigenvalue weighted by Gasteiger charge is -2.33. The summed E-state index contributed by atoms with van der Waals surface area (Å²) in [4.78, 5) is 43.4. The fourth-order valence-corrected chi connectivity index (χ4v) is 4.37. The number of likely N-dealkylation sites (tertiary alicyclic amines) is 1. The number of hydroxylamine groups is 2. The normalized spacial score (nSPS) is 28.6. The van der Waals surface area contributed by atoms with Gasteiger partial charge in [0.1, 0.15) is 11.9 Å². The molecular formula is C15H23N5O7S. The predicted molar refractivity (Wildman–Crippen MR) is 95.0 cm³/mol. The van der Waals surface area contributed by atoms with Crippen LogP contribution in [-0.4, -0.2) is 82.7 Å². The fourth-order valence-electron chi connectivity index (χ4n) is 3.98. The molecule has 0 spiro atoms. The van der Waals surface area contributed by atoms with Crippen molar-refractivity contribution in [2.45, 2.75) is 57.2 Å². The van der Waals surface area contributed by atoms with E-state index in [0.717, 1.165) is 12.8 Å². The topological polar surface area (TPSA) is 163 Å². The maximum Gasteiger partial charge on any atom is 0.418 e. The van der Waals surface area contributed by atoms with Crippen molar-refractivity contribution in [2.75, 3.05) is 13.1 Å². The molecule has 3 fully saturated rings. The molecule has 4 amide bonds. The first-order valence-electron chi connectivity index (χ1n) is 9.00. The van der Waals surface area contributed by atoms with Crippen LogP contribution < -0.4 is 5.73 Å². The summed E-state index contributed by atoms with van der Waals surface area (Å²) in [6.07, 6.45) is 2.83. The Hall–Kier alpha value is -2.25. The van der Waals surface area contributed by atoms with E-state index in [1.54, 1.807) is 0 Å². The van der Waals surface area contributed by atoms with Gasteiger partial charge in [-0.15, -0.1) is 4.28 Å². The molecule has 3 N–H and O–H groups in total. The van der Waals surface area contributed by atoms with E-state index in [4.69, 9.17) is 10.3 Å². The number of amidine groups is 1. The Balaban J connectivity index is 1.74. The Bertz CT molecular complexity index is 814. The van der Waals surface area contributed by atoms with Crippen LogP contribution in [0.25, 0.3) is 0 Å². The second kappa shape index (κ2) is 7.64. The predicted octanol–water partition coefficient (Wildman–Crippen LogP) is -0.726.